The Balaban J connectivity index is 1.47. The zero-order chi connectivity index (χ0) is 18.6. The Bertz CT molecular complexity index is 1080. The Hall–Kier alpha value is -3.80. The lowest BCUT2D eigenvalue weighted by Gasteiger charge is -2.03. The summed E-state index contributed by atoms with van der Waals surface area (Å²) in [5.41, 5.74) is 2.94. The van der Waals surface area contributed by atoms with E-state index in [4.69, 9.17) is 4.42 Å². The summed E-state index contributed by atoms with van der Waals surface area (Å²) in [7, 11) is 0. The van der Waals surface area contributed by atoms with E-state index in [1.54, 1.807) is 30.3 Å². The van der Waals surface area contributed by atoms with Crippen LogP contribution in [0.5, 0.6) is 0 Å². The number of hydrogen-bond donors (Lipinski definition) is 3. The number of rotatable bonds is 5. The zero-order valence-corrected chi connectivity index (χ0v) is 14.4. The van der Waals surface area contributed by atoms with Gasteiger partial charge in [-0.2, -0.15) is 0 Å². The number of anilines is 1. The fraction of sp³-hybridized carbons (Fsp3) is 0.0476. The largest absolute Gasteiger partial charge is 0.459 e. The first-order valence-corrected chi connectivity index (χ1v) is 8.49. The van der Waals surface area contributed by atoms with Gasteiger partial charge >= 0.3 is 0 Å². The molecule has 0 unspecified atom stereocenters. The zero-order valence-electron chi connectivity index (χ0n) is 14.4. The van der Waals surface area contributed by atoms with Gasteiger partial charge in [0, 0.05) is 23.1 Å². The predicted molar refractivity (Wildman–Crippen MR) is 103 cm³/mol. The van der Waals surface area contributed by atoms with Crippen LogP contribution in [0.4, 0.5) is 5.69 Å². The summed E-state index contributed by atoms with van der Waals surface area (Å²) >= 11 is 0. The SMILES string of the molecule is O=C(NCc1ccccc1)c1cc2cc(NC(=O)c3ccco3)ccc2[nH]1. The quantitative estimate of drug-likeness (QED) is 0.504. The molecule has 0 aliphatic heterocycles. The molecule has 0 bridgehead atoms. The summed E-state index contributed by atoms with van der Waals surface area (Å²) in [6.45, 7) is 0.458. The standard InChI is InChI=1S/C21H17N3O3/c25-20(22-13-14-5-2-1-3-6-14)18-12-15-11-16(8-9-17(15)24-18)23-21(26)19-7-4-10-27-19/h1-12,24H,13H2,(H,22,25)(H,23,26). The molecule has 4 aromatic rings. The summed E-state index contributed by atoms with van der Waals surface area (Å²) in [6.07, 6.45) is 1.45. The number of H-pyrrole nitrogens is 1. The molecule has 2 aromatic heterocycles. The first kappa shape index (κ1) is 16.7. The number of carbonyl (C=O) groups is 2. The van der Waals surface area contributed by atoms with Gasteiger partial charge in [-0.05, 0) is 42.0 Å². The second-order valence-corrected chi connectivity index (χ2v) is 6.08. The normalized spacial score (nSPS) is 10.7. The average molecular weight is 359 g/mol. The van der Waals surface area contributed by atoms with Crippen molar-refractivity contribution in [2.45, 2.75) is 6.54 Å². The molecule has 2 heterocycles. The minimum Gasteiger partial charge on any atom is -0.459 e. The molecule has 27 heavy (non-hydrogen) atoms. The monoisotopic (exact) mass is 359 g/mol. The van der Waals surface area contributed by atoms with E-state index in [2.05, 4.69) is 15.6 Å². The number of aromatic nitrogens is 1. The van der Waals surface area contributed by atoms with Crippen LogP contribution in [0, 0.1) is 0 Å². The maximum absolute atomic E-state index is 12.4. The number of furan rings is 1. The topological polar surface area (TPSA) is 87.1 Å². The Kier molecular flexibility index (Phi) is 4.45. The molecule has 6 nitrogen and oxygen atoms in total. The predicted octanol–water partition coefficient (Wildman–Crippen LogP) is 3.94. The van der Waals surface area contributed by atoms with Crippen LogP contribution in [-0.4, -0.2) is 16.8 Å². The van der Waals surface area contributed by atoms with Crippen molar-refractivity contribution in [3.63, 3.8) is 0 Å². The minimum atomic E-state index is -0.323. The van der Waals surface area contributed by atoms with Gasteiger partial charge in [-0.15, -0.1) is 0 Å². The van der Waals surface area contributed by atoms with Crippen molar-refractivity contribution in [3.8, 4) is 0 Å². The van der Waals surface area contributed by atoms with Crippen LogP contribution in [0.2, 0.25) is 0 Å². The van der Waals surface area contributed by atoms with Crippen molar-refractivity contribution >= 4 is 28.4 Å². The molecule has 0 saturated carbocycles. The molecule has 2 amide bonds. The Labute approximate surface area is 155 Å². The minimum absolute atomic E-state index is 0.184. The van der Waals surface area contributed by atoms with Gasteiger partial charge in [-0.1, -0.05) is 30.3 Å². The molecular formula is C21H17N3O3. The molecule has 0 spiro atoms. The fourth-order valence-corrected chi connectivity index (χ4v) is 2.81. The smallest absolute Gasteiger partial charge is 0.291 e. The maximum atomic E-state index is 12.4. The lowest BCUT2D eigenvalue weighted by Crippen LogP contribution is -2.22. The first-order valence-electron chi connectivity index (χ1n) is 8.49. The van der Waals surface area contributed by atoms with Crippen molar-refractivity contribution < 1.29 is 14.0 Å². The fourth-order valence-electron chi connectivity index (χ4n) is 2.81. The number of aromatic amines is 1. The van der Waals surface area contributed by atoms with Crippen molar-refractivity contribution in [1.29, 1.82) is 0 Å². The van der Waals surface area contributed by atoms with Gasteiger partial charge in [-0.3, -0.25) is 9.59 Å². The molecule has 0 atom stereocenters. The van der Waals surface area contributed by atoms with Crippen LogP contribution in [-0.2, 0) is 6.54 Å². The number of hydrogen-bond acceptors (Lipinski definition) is 3. The summed E-state index contributed by atoms with van der Waals surface area (Å²) in [5, 5.41) is 6.49. The molecule has 0 saturated heterocycles. The Morgan fingerprint density at radius 2 is 1.78 bits per heavy atom. The van der Waals surface area contributed by atoms with E-state index in [9.17, 15) is 9.59 Å². The van der Waals surface area contributed by atoms with Crippen LogP contribution in [0.15, 0.2) is 77.4 Å². The highest BCUT2D eigenvalue weighted by Crippen LogP contribution is 2.21. The van der Waals surface area contributed by atoms with E-state index in [-0.39, 0.29) is 17.6 Å². The summed E-state index contributed by atoms with van der Waals surface area (Å²) in [5.74, 6) is -0.267. The summed E-state index contributed by atoms with van der Waals surface area (Å²) in [4.78, 5) is 27.5. The number of benzene rings is 2. The number of fused-ring (bicyclic) bond motifs is 1. The third-order valence-electron chi connectivity index (χ3n) is 4.16. The summed E-state index contributed by atoms with van der Waals surface area (Å²) in [6, 6.07) is 20.1. The van der Waals surface area contributed by atoms with Crippen LogP contribution in [0.25, 0.3) is 10.9 Å². The van der Waals surface area contributed by atoms with E-state index >= 15 is 0 Å². The van der Waals surface area contributed by atoms with Gasteiger partial charge in [0.2, 0.25) is 0 Å². The second kappa shape index (κ2) is 7.21. The average Bonchev–Trinajstić information content (AvgIpc) is 3.36. The Morgan fingerprint density at radius 3 is 2.56 bits per heavy atom. The number of amides is 2. The maximum Gasteiger partial charge on any atom is 0.291 e. The van der Waals surface area contributed by atoms with Gasteiger partial charge in [-0.25, -0.2) is 0 Å². The molecule has 0 radical (unpaired) electrons. The van der Waals surface area contributed by atoms with E-state index in [1.165, 1.54) is 6.26 Å². The van der Waals surface area contributed by atoms with E-state index < -0.39 is 0 Å². The molecule has 4 rings (SSSR count). The van der Waals surface area contributed by atoms with Crippen molar-refractivity contribution in [2.24, 2.45) is 0 Å². The summed E-state index contributed by atoms with van der Waals surface area (Å²) < 4.78 is 5.08. The van der Waals surface area contributed by atoms with Gasteiger partial charge < -0.3 is 20.0 Å². The molecular weight excluding hydrogens is 342 g/mol. The first-order chi connectivity index (χ1) is 13.2. The highest BCUT2D eigenvalue weighted by molar-refractivity contribution is 6.04. The van der Waals surface area contributed by atoms with Crippen molar-refractivity contribution in [1.82, 2.24) is 10.3 Å². The van der Waals surface area contributed by atoms with Crippen molar-refractivity contribution in [3.05, 3.63) is 90.0 Å². The van der Waals surface area contributed by atoms with E-state index in [0.29, 0.717) is 17.9 Å². The van der Waals surface area contributed by atoms with Crippen LogP contribution >= 0.6 is 0 Å². The van der Waals surface area contributed by atoms with Crippen LogP contribution in [0.3, 0.4) is 0 Å². The van der Waals surface area contributed by atoms with Gasteiger partial charge in [0.1, 0.15) is 5.69 Å². The van der Waals surface area contributed by atoms with Gasteiger partial charge in [0.05, 0.1) is 6.26 Å². The Morgan fingerprint density at radius 1 is 0.926 bits per heavy atom. The van der Waals surface area contributed by atoms with Gasteiger partial charge in [0.15, 0.2) is 5.76 Å². The van der Waals surface area contributed by atoms with E-state index in [0.717, 1.165) is 16.5 Å². The molecule has 2 aromatic carbocycles. The molecule has 0 fully saturated rings. The lowest BCUT2D eigenvalue weighted by molar-refractivity contribution is 0.0945. The third-order valence-corrected chi connectivity index (χ3v) is 4.16. The highest BCUT2D eigenvalue weighted by Gasteiger charge is 2.12. The van der Waals surface area contributed by atoms with Crippen molar-refractivity contribution in [2.75, 3.05) is 5.32 Å². The second-order valence-electron chi connectivity index (χ2n) is 6.08. The molecule has 134 valence electrons. The van der Waals surface area contributed by atoms with Gasteiger partial charge in [0.25, 0.3) is 11.8 Å². The lowest BCUT2D eigenvalue weighted by atomic mass is 10.2. The number of carbonyl (C=O) groups excluding carboxylic acids is 2. The third kappa shape index (κ3) is 3.74. The van der Waals surface area contributed by atoms with E-state index in [1.807, 2.05) is 36.4 Å². The highest BCUT2D eigenvalue weighted by atomic mass is 16.3. The molecule has 0 aliphatic carbocycles. The molecule has 0 aliphatic rings. The molecule has 3 N–H and O–H groups in total. The van der Waals surface area contributed by atoms with Crippen LogP contribution < -0.4 is 10.6 Å². The van der Waals surface area contributed by atoms with Crippen LogP contribution in [0.1, 0.15) is 26.6 Å². The molecule has 6 heteroatoms. The number of nitrogens with one attached hydrogen (secondary N) is 3.